The summed E-state index contributed by atoms with van der Waals surface area (Å²) >= 11 is 3.48. The summed E-state index contributed by atoms with van der Waals surface area (Å²) in [4.78, 5) is 2.26. The molecule has 0 amide bonds. The van der Waals surface area contributed by atoms with E-state index in [0.717, 1.165) is 17.3 Å². The topological polar surface area (TPSA) is 23.5 Å². The fraction of sp³-hybridized carbons (Fsp3) is 0.455. The molecular weight excluding hydrogens is 242 g/mol. The second-order valence-corrected chi connectivity index (χ2v) is 4.67. The van der Waals surface area contributed by atoms with E-state index in [4.69, 9.17) is 5.11 Å². The van der Waals surface area contributed by atoms with Crippen LogP contribution < -0.4 is 4.90 Å². The van der Waals surface area contributed by atoms with E-state index in [2.05, 4.69) is 46.1 Å². The zero-order chi connectivity index (χ0) is 10.1. The van der Waals surface area contributed by atoms with Crippen LogP contribution in [-0.4, -0.2) is 24.8 Å². The molecule has 76 valence electrons. The van der Waals surface area contributed by atoms with Crippen molar-refractivity contribution in [2.45, 2.75) is 18.9 Å². The van der Waals surface area contributed by atoms with Gasteiger partial charge in [-0.3, -0.25) is 0 Å². The second-order valence-electron chi connectivity index (χ2n) is 3.75. The zero-order valence-electron chi connectivity index (χ0n) is 8.20. The molecule has 2 rings (SSSR count). The summed E-state index contributed by atoms with van der Waals surface area (Å²) in [7, 11) is 2.10. The molecule has 0 fully saturated rings. The molecule has 1 aliphatic rings. The number of rotatable bonds is 2. The molecule has 0 radical (unpaired) electrons. The number of fused-ring (bicyclic) bond motifs is 1. The molecule has 0 spiro atoms. The highest BCUT2D eigenvalue weighted by Gasteiger charge is 2.25. The summed E-state index contributed by atoms with van der Waals surface area (Å²) in [5.41, 5.74) is 2.67. The van der Waals surface area contributed by atoms with Crippen LogP contribution in [0.1, 0.15) is 12.0 Å². The van der Waals surface area contributed by atoms with Crippen molar-refractivity contribution < 1.29 is 5.11 Å². The summed E-state index contributed by atoms with van der Waals surface area (Å²) in [6.07, 6.45) is 1.90. The number of hydrogen-bond donors (Lipinski definition) is 1. The van der Waals surface area contributed by atoms with Crippen molar-refractivity contribution in [3.8, 4) is 0 Å². The number of aliphatic hydroxyl groups excluding tert-OH is 1. The summed E-state index contributed by atoms with van der Waals surface area (Å²) in [5, 5.41) is 8.94. The lowest BCUT2D eigenvalue weighted by Crippen LogP contribution is -2.28. The van der Waals surface area contributed by atoms with E-state index >= 15 is 0 Å². The van der Waals surface area contributed by atoms with Crippen molar-refractivity contribution in [3.63, 3.8) is 0 Å². The molecule has 0 aromatic heterocycles. The van der Waals surface area contributed by atoms with Crippen molar-refractivity contribution in [2.24, 2.45) is 0 Å². The van der Waals surface area contributed by atoms with Gasteiger partial charge in [-0.15, -0.1) is 0 Å². The maximum atomic E-state index is 8.94. The number of hydrogen-bond acceptors (Lipinski definition) is 2. The van der Waals surface area contributed by atoms with Crippen molar-refractivity contribution in [1.29, 1.82) is 0 Å². The fourth-order valence-electron chi connectivity index (χ4n) is 2.09. The van der Waals surface area contributed by atoms with Crippen LogP contribution in [0.25, 0.3) is 0 Å². The Morgan fingerprint density at radius 3 is 3.07 bits per heavy atom. The number of nitrogens with zero attached hydrogens (tertiary/aromatic N) is 1. The smallest absolute Gasteiger partial charge is 0.0450 e. The van der Waals surface area contributed by atoms with Gasteiger partial charge in [0.15, 0.2) is 0 Å². The molecule has 1 heterocycles. The van der Waals surface area contributed by atoms with Gasteiger partial charge in [-0.1, -0.05) is 15.9 Å². The third-order valence-corrected chi connectivity index (χ3v) is 3.38. The highest BCUT2D eigenvalue weighted by Crippen LogP contribution is 2.33. The molecule has 1 atom stereocenters. The Morgan fingerprint density at radius 2 is 2.36 bits per heavy atom. The Bertz CT molecular complexity index is 340. The quantitative estimate of drug-likeness (QED) is 0.876. The number of likely N-dealkylation sites (N-methyl/N-ethyl adjacent to an activating group) is 1. The van der Waals surface area contributed by atoms with Crippen molar-refractivity contribution >= 4 is 21.6 Å². The molecule has 1 aliphatic heterocycles. The first-order valence-corrected chi connectivity index (χ1v) is 5.64. The molecule has 1 aromatic carbocycles. The molecule has 14 heavy (non-hydrogen) atoms. The van der Waals surface area contributed by atoms with Crippen LogP contribution in [0.4, 0.5) is 5.69 Å². The van der Waals surface area contributed by atoms with E-state index in [0.29, 0.717) is 6.04 Å². The lowest BCUT2D eigenvalue weighted by atomic mass is 10.1. The largest absolute Gasteiger partial charge is 0.396 e. The fourth-order valence-corrected chi connectivity index (χ4v) is 2.50. The average Bonchev–Trinajstić information content (AvgIpc) is 2.44. The summed E-state index contributed by atoms with van der Waals surface area (Å²) in [5.74, 6) is 0. The third-order valence-electron chi connectivity index (χ3n) is 2.89. The van der Waals surface area contributed by atoms with E-state index in [1.54, 1.807) is 0 Å². The molecule has 0 aliphatic carbocycles. The average molecular weight is 256 g/mol. The molecule has 3 heteroatoms. The third kappa shape index (κ3) is 1.66. The van der Waals surface area contributed by atoms with Crippen molar-refractivity contribution in [2.75, 3.05) is 18.6 Å². The number of benzene rings is 1. The van der Waals surface area contributed by atoms with Crippen molar-refractivity contribution in [3.05, 3.63) is 28.2 Å². The van der Waals surface area contributed by atoms with E-state index in [1.807, 2.05) is 0 Å². The van der Waals surface area contributed by atoms with Gasteiger partial charge in [0.05, 0.1) is 0 Å². The molecule has 0 saturated carbocycles. The summed E-state index contributed by atoms with van der Waals surface area (Å²) in [6.45, 7) is 0.268. The Balaban J connectivity index is 2.26. The SMILES string of the molecule is CN1c2ccc(Br)cc2CC1CCO. The van der Waals surface area contributed by atoms with Gasteiger partial charge in [-0.05, 0) is 36.6 Å². The molecule has 2 nitrogen and oxygen atoms in total. The first-order valence-electron chi connectivity index (χ1n) is 4.84. The van der Waals surface area contributed by atoms with Crippen LogP contribution in [0.2, 0.25) is 0 Å². The van der Waals surface area contributed by atoms with Gasteiger partial charge in [-0.25, -0.2) is 0 Å². The van der Waals surface area contributed by atoms with Gasteiger partial charge in [0.2, 0.25) is 0 Å². The predicted molar refractivity (Wildman–Crippen MR) is 61.7 cm³/mol. The van der Waals surface area contributed by atoms with E-state index in [-0.39, 0.29) is 6.61 Å². The Morgan fingerprint density at radius 1 is 1.57 bits per heavy atom. The van der Waals surface area contributed by atoms with Gasteiger partial charge in [0.1, 0.15) is 0 Å². The van der Waals surface area contributed by atoms with Crippen LogP contribution in [0.5, 0.6) is 0 Å². The Labute approximate surface area is 92.7 Å². The minimum absolute atomic E-state index is 0.268. The minimum atomic E-state index is 0.268. The Kier molecular flexibility index (Phi) is 2.79. The van der Waals surface area contributed by atoms with E-state index in [1.165, 1.54) is 11.3 Å². The van der Waals surface area contributed by atoms with Crippen LogP contribution >= 0.6 is 15.9 Å². The zero-order valence-corrected chi connectivity index (χ0v) is 9.79. The lowest BCUT2D eigenvalue weighted by Gasteiger charge is -2.21. The first-order chi connectivity index (χ1) is 6.72. The van der Waals surface area contributed by atoms with E-state index in [9.17, 15) is 0 Å². The molecule has 0 saturated heterocycles. The monoisotopic (exact) mass is 255 g/mol. The standard InChI is InChI=1S/C11H14BrNO/c1-13-10(4-5-14)7-8-6-9(12)2-3-11(8)13/h2-3,6,10,14H,4-5,7H2,1H3. The maximum Gasteiger partial charge on any atom is 0.0450 e. The maximum absolute atomic E-state index is 8.94. The molecule has 1 unspecified atom stereocenters. The summed E-state index contributed by atoms with van der Waals surface area (Å²) in [6, 6.07) is 6.83. The first kappa shape index (κ1) is 9.99. The molecule has 0 bridgehead atoms. The van der Waals surface area contributed by atoms with Crippen LogP contribution in [0.15, 0.2) is 22.7 Å². The summed E-state index contributed by atoms with van der Waals surface area (Å²) < 4.78 is 1.13. The Hall–Kier alpha value is -0.540. The number of halogens is 1. The normalized spacial score (nSPS) is 19.9. The molecular formula is C11H14BrNO. The molecule has 1 N–H and O–H groups in total. The van der Waals surface area contributed by atoms with Crippen molar-refractivity contribution in [1.82, 2.24) is 0 Å². The number of aliphatic hydroxyl groups is 1. The second kappa shape index (κ2) is 3.91. The predicted octanol–water partition coefficient (Wildman–Crippen LogP) is 2.19. The number of anilines is 1. The van der Waals surface area contributed by atoms with Gasteiger partial charge >= 0.3 is 0 Å². The van der Waals surface area contributed by atoms with Crippen LogP contribution in [-0.2, 0) is 6.42 Å². The highest BCUT2D eigenvalue weighted by atomic mass is 79.9. The van der Waals surface area contributed by atoms with Gasteiger partial charge in [-0.2, -0.15) is 0 Å². The highest BCUT2D eigenvalue weighted by molar-refractivity contribution is 9.10. The van der Waals surface area contributed by atoms with E-state index < -0.39 is 0 Å². The van der Waals surface area contributed by atoms with Gasteiger partial charge in [0, 0.05) is 29.9 Å². The minimum Gasteiger partial charge on any atom is -0.396 e. The van der Waals surface area contributed by atoms with Crippen LogP contribution in [0, 0.1) is 0 Å². The van der Waals surface area contributed by atoms with Gasteiger partial charge < -0.3 is 10.0 Å². The molecule has 1 aromatic rings. The lowest BCUT2D eigenvalue weighted by molar-refractivity contribution is 0.275. The van der Waals surface area contributed by atoms with Gasteiger partial charge in [0.25, 0.3) is 0 Å². The van der Waals surface area contributed by atoms with Crippen LogP contribution in [0.3, 0.4) is 0 Å².